The Morgan fingerprint density at radius 3 is 2.38 bits per heavy atom. The summed E-state index contributed by atoms with van der Waals surface area (Å²) in [5.74, 6) is 5.18. The molecule has 0 radical (unpaired) electrons. The van der Waals surface area contributed by atoms with Crippen LogP contribution in [0.4, 0.5) is 10.1 Å². The topological polar surface area (TPSA) is 38.0 Å². The number of halogens is 1. The van der Waals surface area contributed by atoms with Crippen LogP contribution < -0.4 is 11.3 Å². The first-order valence-corrected chi connectivity index (χ1v) is 5.60. The van der Waals surface area contributed by atoms with E-state index >= 15 is 0 Å². The van der Waals surface area contributed by atoms with Crippen molar-refractivity contribution in [1.29, 1.82) is 0 Å². The molecule has 82 valence electrons. The summed E-state index contributed by atoms with van der Waals surface area (Å²) < 4.78 is 12.7. The Morgan fingerprint density at radius 1 is 1.00 bits per heavy atom. The molecular formula is C12H11FN2S. The van der Waals surface area contributed by atoms with Crippen molar-refractivity contribution in [1.82, 2.24) is 0 Å². The van der Waals surface area contributed by atoms with E-state index in [0.29, 0.717) is 0 Å². The molecule has 2 aromatic carbocycles. The molecular weight excluding hydrogens is 223 g/mol. The molecule has 0 aliphatic rings. The Hall–Kier alpha value is -1.52. The zero-order chi connectivity index (χ0) is 11.4. The standard InChI is InChI=1S/C12H11FN2S/c13-9-5-7-10(8-6-9)16-12-4-2-1-3-11(12)15-14/h1-8,15H,14H2. The predicted molar refractivity (Wildman–Crippen MR) is 64.8 cm³/mol. The van der Waals surface area contributed by atoms with Crippen molar-refractivity contribution in [2.24, 2.45) is 5.84 Å². The maximum Gasteiger partial charge on any atom is 0.123 e. The first-order chi connectivity index (χ1) is 7.79. The number of hydrogen-bond acceptors (Lipinski definition) is 3. The van der Waals surface area contributed by atoms with Gasteiger partial charge < -0.3 is 5.43 Å². The van der Waals surface area contributed by atoms with Crippen molar-refractivity contribution in [3.63, 3.8) is 0 Å². The number of rotatable bonds is 3. The molecule has 0 saturated carbocycles. The van der Waals surface area contributed by atoms with Crippen molar-refractivity contribution in [2.75, 3.05) is 5.43 Å². The zero-order valence-electron chi connectivity index (χ0n) is 8.48. The van der Waals surface area contributed by atoms with Gasteiger partial charge in [-0.15, -0.1) is 0 Å². The average Bonchev–Trinajstić information content (AvgIpc) is 2.33. The van der Waals surface area contributed by atoms with Gasteiger partial charge in [-0.1, -0.05) is 23.9 Å². The molecule has 0 saturated heterocycles. The molecule has 0 fully saturated rings. The van der Waals surface area contributed by atoms with Crippen LogP contribution in [0.25, 0.3) is 0 Å². The molecule has 3 N–H and O–H groups in total. The van der Waals surface area contributed by atoms with Crippen LogP contribution in [0, 0.1) is 5.82 Å². The molecule has 2 nitrogen and oxygen atoms in total. The van der Waals surface area contributed by atoms with Crippen molar-refractivity contribution in [3.8, 4) is 0 Å². The number of nitrogen functional groups attached to an aromatic ring is 1. The summed E-state index contributed by atoms with van der Waals surface area (Å²) in [6.07, 6.45) is 0. The van der Waals surface area contributed by atoms with Gasteiger partial charge in [0, 0.05) is 9.79 Å². The fourth-order valence-corrected chi connectivity index (χ4v) is 2.21. The highest BCUT2D eigenvalue weighted by Gasteiger charge is 2.02. The average molecular weight is 234 g/mol. The van der Waals surface area contributed by atoms with E-state index in [2.05, 4.69) is 5.43 Å². The minimum absolute atomic E-state index is 0.227. The predicted octanol–water partition coefficient (Wildman–Crippen LogP) is 3.26. The molecule has 0 atom stereocenters. The highest BCUT2D eigenvalue weighted by Crippen LogP contribution is 2.32. The van der Waals surface area contributed by atoms with Gasteiger partial charge in [-0.25, -0.2) is 4.39 Å². The quantitative estimate of drug-likeness (QED) is 0.632. The normalized spacial score (nSPS) is 10.1. The number of hydrazine groups is 1. The van der Waals surface area contributed by atoms with Crippen LogP contribution in [-0.4, -0.2) is 0 Å². The maximum atomic E-state index is 12.7. The number of para-hydroxylation sites is 1. The zero-order valence-corrected chi connectivity index (χ0v) is 9.30. The van der Waals surface area contributed by atoms with Crippen LogP contribution in [0.2, 0.25) is 0 Å². The first kappa shape index (κ1) is 11.0. The third kappa shape index (κ3) is 2.53. The van der Waals surface area contributed by atoms with Gasteiger partial charge in [-0.2, -0.15) is 0 Å². The molecule has 0 heterocycles. The molecule has 0 aliphatic carbocycles. The molecule has 0 spiro atoms. The van der Waals surface area contributed by atoms with Crippen LogP contribution >= 0.6 is 11.8 Å². The number of hydrogen-bond donors (Lipinski definition) is 2. The van der Waals surface area contributed by atoms with Gasteiger partial charge >= 0.3 is 0 Å². The summed E-state index contributed by atoms with van der Waals surface area (Å²) in [4.78, 5) is 1.99. The number of nitrogens with one attached hydrogen (secondary N) is 1. The van der Waals surface area contributed by atoms with Crippen molar-refractivity contribution in [3.05, 3.63) is 54.3 Å². The summed E-state index contributed by atoms with van der Waals surface area (Å²) in [6.45, 7) is 0. The molecule has 2 rings (SSSR count). The van der Waals surface area contributed by atoms with E-state index in [0.717, 1.165) is 15.5 Å². The van der Waals surface area contributed by atoms with Crippen LogP contribution in [-0.2, 0) is 0 Å². The van der Waals surface area contributed by atoms with E-state index in [1.54, 1.807) is 12.1 Å². The van der Waals surface area contributed by atoms with Crippen LogP contribution in [0.1, 0.15) is 0 Å². The largest absolute Gasteiger partial charge is 0.323 e. The summed E-state index contributed by atoms with van der Waals surface area (Å²) in [6, 6.07) is 14.1. The van der Waals surface area contributed by atoms with Crippen molar-refractivity contribution >= 4 is 17.4 Å². The minimum atomic E-state index is -0.227. The highest BCUT2D eigenvalue weighted by atomic mass is 32.2. The second kappa shape index (κ2) is 5.01. The van der Waals surface area contributed by atoms with Gasteiger partial charge in [0.2, 0.25) is 0 Å². The van der Waals surface area contributed by atoms with Crippen molar-refractivity contribution < 1.29 is 4.39 Å². The van der Waals surface area contributed by atoms with Gasteiger partial charge in [-0.3, -0.25) is 5.84 Å². The molecule has 0 aliphatic heterocycles. The second-order valence-electron chi connectivity index (χ2n) is 3.20. The number of benzene rings is 2. The van der Waals surface area contributed by atoms with E-state index in [4.69, 9.17) is 5.84 Å². The lowest BCUT2D eigenvalue weighted by Crippen LogP contribution is -2.07. The minimum Gasteiger partial charge on any atom is -0.323 e. The fourth-order valence-electron chi connectivity index (χ4n) is 1.30. The van der Waals surface area contributed by atoms with Gasteiger partial charge in [0.05, 0.1) is 5.69 Å². The second-order valence-corrected chi connectivity index (χ2v) is 4.31. The van der Waals surface area contributed by atoms with E-state index in [-0.39, 0.29) is 5.82 Å². The van der Waals surface area contributed by atoms with E-state index < -0.39 is 0 Å². The lowest BCUT2D eigenvalue weighted by Gasteiger charge is -2.07. The monoisotopic (exact) mass is 234 g/mol. The smallest absolute Gasteiger partial charge is 0.123 e. The summed E-state index contributed by atoms with van der Waals surface area (Å²) >= 11 is 1.54. The lowest BCUT2D eigenvalue weighted by molar-refractivity contribution is 0.626. The molecule has 2 aromatic rings. The molecule has 4 heteroatoms. The molecule has 0 bridgehead atoms. The van der Waals surface area contributed by atoms with Gasteiger partial charge in [-0.05, 0) is 36.4 Å². The third-order valence-electron chi connectivity index (χ3n) is 2.08. The highest BCUT2D eigenvalue weighted by molar-refractivity contribution is 7.99. The Kier molecular flexibility index (Phi) is 3.44. The lowest BCUT2D eigenvalue weighted by atomic mass is 10.3. The van der Waals surface area contributed by atoms with Crippen molar-refractivity contribution in [2.45, 2.75) is 9.79 Å². The molecule has 16 heavy (non-hydrogen) atoms. The Morgan fingerprint density at radius 2 is 1.69 bits per heavy atom. The SMILES string of the molecule is NNc1ccccc1Sc1ccc(F)cc1. The van der Waals surface area contributed by atoms with E-state index in [9.17, 15) is 4.39 Å². The van der Waals surface area contributed by atoms with Gasteiger partial charge in [0.1, 0.15) is 5.82 Å². The maximum absolute atomic E-state index is 12.7. The Labute approximate surface area is 97.6 Å². The van der Waals surface area contributed by atoms with Gasteiger partial charge in [0.15, 0.2) is 0 Å². The molecule has 0 unspecified atom stereocenters. The van der Waals surface area contributed by atoms with E-state index in [1.807, 2.05) is 24.3 Å². The Bertz CT molecular complexity index is 471. The number of anilines is 1. The van der Waals surface area contributed by atoms with E-state index in [1.165, 1.54) is 23.9 Å². The fraction of sp³-hybridized carbons (Fsp3) is 0. The summed E-state index contributed by atoms with van der Waals surface area (Å²) in [7, 11) is 0. The first-order valence-electron chi connectivity index (χ1n) is 4.78. The summed E-state index contributed by atoms with van der Waals surface area (Å²) in [5, 5.41) is 0. The van der Waals surface area contributed by atoms with Crippen LogP contribution in [0.3, 0.4) is 0 Å². The number of nitrogens with two attached hydrogens (primary N) is 1. The van der Waals surface area contributed by atoms with Crippen LogP contribution in [0.15, 0.2) is 58.3 Å². The summed E-state index contributed by atoms with van der Waals surface area (Å²) in [5.41, 5.74) is 3.49. The Balaban J connectivity index is 2.23. The van der Waals surface area contributed by atoms with Crippen LogP contribution in [0.5, 0.6) is 0 Å². The molecule has 0 amide bonds. The molecule has 0 aromatic heterocycles. The van der Waals surface area contributed by atoms with Gasteiger partial charge in [0.25, 0.3) is 0 Å². The third-order valence-corrected chi connectivity index (χ3v) is 3.17.